The van der Waals surface area contributed by atoms with Gasteiger partial charge >= 0.3 is 0 Å². The van der Waals surface area contributed by atoms with Gasteiger partial charge in [-0.15, -0.1) is 0 Å². The number of hydrogen-bond acceptors (Lipinski definition) is 5. The number of carbonyl (C=O) groups excluding carboxylic acids is 1. The molecule has 5 atom stereocenters. The van der Waals surface area contributed by atoms with E-state index in [1.165, 1.54) is 5.57 Å². The number of hydrogen-bond donors (Lipinski definition) is 4. The van der Waals surface area contributed by atoms with Gasteiger partial charge in [0.25, 0.3) is 0 Å². The second kappa shape index (κ2) is 11.5. The van der Waals surface area contributed by atoms with E-state index < -0.39 is 27.9 Å². The molecule has 5 nitrogen and oxygen atoms in total. The van der Waals surface area contributed by atoms with E-state index in [1.54, 1.807) is 0 Å². The molecule has 0 aliphatic heterocycles. The van der Waals surface area contributed by atoms with Gasteiger partial charge in [-0.1, -0.05) is 47.6 Å². The molecule has 0 aromatic rings. The van der Waals surface area contributed by atoms with Gasteiger partial charge in [-0.05, 0) is 103 Å². The Morgan fingerprint density at radius 3 is 2.43 bits per heavy atom. The van der Waals surface area contributed by atoms with Crippen LogP contribution in [0.5, 0.6) is 0 Å². The van der Waals surface area contributed by atoms with Gasteiger partial charge in [0, 0.05) is 22.9 Å². The predicted molar refractivity (Wildman–Crippen MR) is 149 cm³/mol. The van der Waals surface area contributed by atoms with E-state index in [0.717, 1.165) is 35.8 Å². The molecular weight excluding hydrogens is 464 g/mol. The van der Waals surface area contributed by atoms with Crippen LogP contribution in [0.4, 0.5) is 0 Å². The lowest BCUT2D eigenvalue weighted by atomic mass is 9.40. The summed E-state index contributed by atoms with van der Waals surface area (Å²) in [4.78, 5) is 11.9. The van der Waals surface area contributed by atoms with Crippen molar-refractivity contribution in [3.05, 3.63) is 58.7 Å². The van der Waals surface area contributed by atoms with Crippen LogP contribution in [-0.2, 0) is 4.79 Å². The van der Waals surface area contributed by atoms with Crippen LogP contribution in [0.2, 0.25) is 0 Å². The Kier molecular flexibility index (Phi) is 9.27. The highest BCUT2D eigenvalue weighted by Crippen LogP contribution is 2.77. The zero-order valence-corrected chi connectivity index (χ0v) is 23.4. The van der Waals surface area contributed by atoms with Crippen molar-refractivity contribution in [2.45, 2.75) is 104 Å². The molecule has 3 fully saturated rings. The van der Waals surface area contributed by atoms with Crippen LogP contribution in [0.15, 0.2) is 58.7 Å². The fourth-order valence-electron chi connectivity index (χ4n) is 8.25. The van der Waals surface area contributed by atoms with Crippen molar-refractivity contribution in [1.29, 1.82) is 0 Å². The summed E-state index contributed by atoms with van der Waals surface area (Å²) in [6.45, 7) is 11.9. The maximum absolute atomic E-state index is 12.3. The van der Waals surface area contributed by atoms with Gasteiger partial charge in [0.05, 0.1) is 18.3 Å². The third-order valence-electron chi connectivity index (χ3n) is 10.1. The molecule has 0 amide bonds. The zero-order valence-electron chi connectivity index (χ0n) is 23.4. The fourth-order valence-corrected chi connectivity index (χ4v) is 8.25. The van der Waals surface area contributed by atoms with Crippen LogP contribution in [0.1, 0.15) is 91.9 Å². The zero-order chi connectivity index (χ0) is 27.5. The minimum absolute atomic E-state index is 0.0265. The Labute approximate surface area is 223 Å². The summed E-state index contributed by atoms with van der Waals surface area (Å²) in [5.41, 5.74) is 1.64. The monoisotopic (exact) mass is 512 g/mol. The molecule has 37 heavy (non-hydrogen) atoms. The first kappa shape index (κ1) is 29.8. The van der Waals surface area contributed by atoms with Gasteiger partial charge < -0.3 is 20.4 Å². The summed E-state index contributed by atoms with van der Waals surface area (Å²) in [7, 11) is 0. The second-order valence-electron chi connectivity index (χ2n) is 12.2. The lowest BCUT2D eigenvalue weighted by Gasteiger charge is -2.66. The van der Waals surface area contributed by atoms with E-state index in [-0.39, 0.29) is 13.2 Å². The molecule has 2 bridgehead atoms. The molecule has 3 aliphatic carbocycles. The Morgan fingerprint density at radius 2 is 1.81 bits per heavy atom. The van der Waals surface area contributed by atoms with Crippen LogP contribution in [0.3, 0.4) is 0 Å². The standard InChI is InChI=1S/C32H48O5/c1-23(2)9-6-10-24(3)11-7-12-26(22-35)30-16-18-31(14-8-20-33)27(25(4)21-34)13-15-29(5,37)32(31,19-17-30)28(30)36/h7,9,11-12,21,28,33,35-37H,3,6,8,10,13-20,22H2,1-2,4-5H3/b11-7+,26-12-,27-25-/t28-,29-,30+,31-,32-/m1/s1. The summed E-state index contributed by atoms with van der Waals surface area (Å²) in [6.07, 6.45) is 14.8. The number of carbonyl (C=O) groups is 1. The largest absolute Gasteiger partial charge is 0.396 e. The number of aliphatic hydroxyl groups is 4. The van der Waals surface area contributed by atoms with E-state index in [9.17, 15) is 25.2 Å². The highest BCUT2D eigenvalue weighted by Gasteiger charge is 2.76. The molecule has 0 heterocycles. The van der Waals surface area contributed by atoms with Crippen molar-refractivity contribution in [3.63, 3.8) is 0 Å². The van der Waals surface area contributed by atoms with Crippen LogP contribution >= 0.6 is 0 Å². The van der Waals surface area contributed by atoms with Crippen molar-refractivity contribution >= 4 is 6.29 Å². The van der Waals surface area contributed by atoms with E-state index >= 15 is 0 Å². The summed E-state index contributed by atoms with van der Waals surface area (Å²) in [6, 6.07) is 0. The summed E-state index contributed by atoms with van der Waals surface area (Å²) in [5, 5.41) is 44.5. The number of fused-ring (bicyclic) bond motifs is 1. The third kappa shape index (κ3) is 4.89. The smallest absolute Gasteiger partial charge is 0.145 e. The molecule has 3 rings (SSSR count). The Morgan fingerprint density at radius 1 is 1.11 bits per heavy atom. The molecular formula is C32H48O5. The first-order valence-electron chi connectivity index (χ1n) is 13.9. The average molecular weight is 513 g/mol. The molecule has 4 N–H and O–H groups in total. The van der Waals surface area contributed by atoms with Crippen molar-refractivity contribution in [2.24, 2.45) is 16.2 Å². The number of aldehydes is 1. The summed E-state index contributed by atoms with van der Waals surface area (Å²) >= 11 is 0. The molecule has 206 valence electrons. The number of aliphatic hydroxyl groups excluding tert-OH is 3. The topological polar surface area (TPSA) is 98.0 Å². The van der Waals surface area contributed by atoms with Crippen molar-refractivity contribution in [2.75, 3.05) is 13.2 Å². The third-order valence-corrected chi connectivity index (χ3v) is 10.1. The van der Waals surface area contributed by atoms with E-state index in [1.807, 2.05) is 32.1 Å². The second-order valence-corrected chi connectivity index (χ2v) is 12.2. The Bertz CT molecular complexity index is 995. The molecule has 3 saturated carbocycles. The lowest BCUT2D eigenvalue weighted by Crippen LogP contribution is -2.68. The maximum atomic E-state index is 12.3. The Hall–Kier alpha value is -1.79. The number of allylic oxidation sites excluding steroid dienone is 8. The minimum Gasteiger partial charge on any atom is -0.396 e. The maximum Gasteiger partial charge on any atom is 0.145 e. The van der Waals surface area contributed by atoms with Crippen molar-refractivity contribution in [3.8, 4) is 0 Å². The molecule has 0 aromatic heterocycles. The van der Waals surface area contributed by atoms with Gasteiger partial charge in [-0.25, -0.2) is 0 Å². The highest BCUT2D eigenvalue weighted by atomic mass is 16.3. The van der Waals surface area contributed by atoms with Gasteiger partial charge in [0.1, 0.15) is 6.29 Å². The molecule has 1 spiro atoms. The van der Waals surface area contributed by atoms with Gasteiger partial charge in [-0.3, -0.25) is 4.79 Å². The number of rotatable bonds is 11. The predicted octanol–water partition coefficient (Wildman–Crippen LogP) is 5.50. The normalized spacial score (nSPS) is 36.9. The first-order valence-corrected chi connectivity index (χ1v) is 13.9. The molecule has 5 heteroatoms. The van der Waals surface area contributed by atoms with E-state index in [0.29, 0.717) is 56.9 Å². The lowest BCUT2D eigenvalue weighted by molar-refractivity contribution is -0.231. The molecule has 0 radical (unpaired) electrons. The Balaban J connectivity index is 2.03. The van der Waals surface area contributed by atoms with Crippen LogP contribution in [-0.4, -0.2) is 51.6 Å². The average Bonchev–Trinajstić information content (AvgIpc) is 3.05. The van der Waals surface area contributed by atoms with Crippen LogP contribution in [0.25, 0.3) is 0 Å². The summed E-state index contributed by atoms with van der Waals surface area (Å²) < 4.78 is 0. The molecule has 0 unspecified atom stereocenters. The quantitative estimate of drug-likeness (QED) is 0.127. The SMILES string of the molecule is C=C(/C=C/C=C(/CO)[C@]12CC[C@]3(CCCO)/C(=C(/C)C=O)CC[C@@](C)(O)[C@@]3(CC1)[C@@H]2O)CCC=C(C)C. The van der Waals surface area contributed by atoms with E-state index in [2.05, 4.69) is 26.5 Å². The van der Waals surface area contributed by atoms with Crippen LogP contribution < -0.4 is 0 Å². The molecule has 0 saturated heterocycles. The van der Waals surface area contributed by atoms with Crippen molar-refractivity contribution < 1.29 is 25.2 Å². The highest BCUT2D eigenvalue weighted by molar-refractivity contribution is 5.74. The van der Waals surface area contributed by atoms with Crippen molar-refractivity contribution in [1.82, 2.24) is 0 Å². The molecule has 0 aromatic carbocycles. The van der Waals surface area contributed by atoms with Gasteiger partial charge in [-0.2, -0.15) is 0 Å². The van der Waals surface area contributed by atoms with E-state index in [4.69, 9.17) is 0 Å². The first-order chi connectivity index (χ1) is 17.5. The minimum atomic E-state index is -1.13. The summed E-state index contributed by atoms with van der Waals surface area (Å²) in [5.74, 6) is 0. The van der Waals surface area contributed by atoms with Crippen LogP contribution in [0, 0.1) is 16.2 Å². The fraction of sp³-hybridized carbons (Fsp3) is 0.656. The van der Waals surface area contributed by atoms with Gasteiger partial charge in [0.2, 0.25) is 0 Å². The van der Waals surface area contributed by atoms with Gasteiger partial charge in [0.15, 0.2) is 0 Å². The molecule has 3 aliphatic rings.